The van der Waals surface area contributed by atoms with E-state index in [1.165, 1.54) is 7.11 Å². The Morgan fingerprint density at radius 1 is 1.30 bits per heavy atom. The third-order valence-electron chi connectivity index (χ3n) is 2.51. The zero-order valence-electron chi connectivity index (χ0n) is 11.4. The third kappa shape index (κ3) is 5.90. The second-order valence-corrected chi connectivity index (χ2v) is 4.02. The van der Waals surface area contributed by atoms with Crippen LogP contribution in [0.15, 0.2) is 24.3 Å². The number of amides is 1. The zero-order chi connectivity index (χ0) is 14.3. The summed E-state index contributed by atoms with van der Waals surface area (Å²) in [6.45, 7) is 1.90. The second-order valence-electron chi connectivity index (χ2n) is 4.02. The second kappa shape index (κ2) is 9.17. The van der Waals surface area contributed by atoms with Crippen LogP contribution in [-0.2, 0) is 14.3 Å². The van der Waals surface area contributed by atoms with E-state index in [1.54, 1.807) is 31.2 Å². The molecular formula is C13H19ClN2O4. The van der Waals surface area contributed by atoms with Crippen molar-refractivity contribution in [1.29, 1.82) is 0 Å². The maximum atomic E-state index is 11.6. The molecule has 0 spiro atoms. The van der Waals surface area contributed by atoms with Gasteiger partial charge in [0, 0.05) is 18.2 Å². The van der Waals surface area contributed by atoms with Crippen LogP contribution in [0.4, 0.5) is 5.69 Å². The van der Waals surface area contributed by atoms with E-state index in [0.29, 0.717) is 18.0 Å². The molecule has 1 aromatic rings. The standard InChI is InChI=1S/C13H18N2O4.ClH/c1-9(7-14)13(17)15-10-3-5-11(6-4-10)19-8-12(16)18-2;/h3-6,9H,7-8,14H2,1-2H3,(H,15,17);1H. The summed E-state index contributed by atoms with van der Waals surface area (Å²) in [5.41, 5.74) is 6.06. The van der Waals surface area contributed by atoms with Crippen LogP contribution in [0.2, 0.25) is 0 Å². The first-order valence-electron chi connectivity index (χ1n) is 5.87. The fourth-order valence-electron chi connectivity index (χ4n) is 1.21. The van der Waals surface area contributed by atoms with E-state index in [9.17, 15) is 9.59 Å². The lowest BCUT2D eigenvalue weighted by atomic mass is 10.1. The SMILES string of the molecule is COC(=O)COc1ccc(NC(=O)C(C)CN)cc1.Cl. The van der Waals surface area contributed by atoms with Crippen LogP contribution in [0, 0.1) is 5.92 Å². The number of ether oxygens (including phenoxy) is 2. The van der Waals surface area contributed by atoms with Crippen molar-refractivity contribution < 1.29 is 19.1 Å². The van der Waals surface area contributed by atoms with Gasteiger partial charge in [0.15, 0.2) is 6.61 Å². The van der Waals surface area contributed by atoms with Crippen LogP contribution < -0.4 is 15.8 Å². The van der Waals surface area contributed by atoms with Crippen molar-refractivity contribution in [3.63, 3.8) is 0 Å². The number of hydrogen-bond donors (Lipinski definition) is 2. The first-order valence-corrected chi connectivity index (χ1v) is 5.87. The number of nitrogens with two attached hydrogens (primary N) is 1. The summed E-state index contributed by atoms with van der Waals surface area (Å²) >= 11 is 0. The van der Waals surface area contributed by atoms with Crippen molar-refractivity contribution in [3.8, 4) is 5.75 Å². The highest BCUT2D eigenvalue weighted by atomic mass is 35.5. The van der Waals surface area contributed by atoms with Gasteiger partial charge < -0.3 is 20.5 Å². The van der Waals surface area contributed by atoms with E-state index in [0.717, 1.165) is 0 Å². The first kappa shape index (κ1) is 18.2. The van der Waals surface area contributed by atoms with Gasteiger partial charge >= 0.3 is 5.97 Å². The highest BCUT2D eigenvalue weighted by molar-refractivity contribution is 5.92. The molecule has 0 aliphatic heterocycles. The van der Waals surface area contributed by atoms with Crippen LogP contribution in [0.5, 0.6) is 5.75 Å². The number of esters is 1. The number of rotatable bonds is 6. The molecule has 1 aromatic carbocycles. The summed E-state index contributed by atoms with van der Waals surface area (Å²) < 4.78 is 9.63. The average molecular weight is 303 g/mol. The summed E-state index contributed by atoms with van der Waals surface area (Å²) in [6.07, 6.45) is 0. The van der Waals surface area contributed by atoms with E-state index in [1.807, 2.05) is 0 Å². The van der Waals surface area contributed by atoms with Crippen LogP contribution in [0.3, 0.4) is 0 Å². The topological polar surface area (TPSA) is 90.6 Å². The summed E-state index contributed by atoms with van der Waals surface area (Å²) in [5.74, 6) is -0.301. The molecule has 0 fully saturated rings. The monoisotopic (exact) mass is 302 g/mol. The average Bonchev–Trinajstić information content (AvgIpc) is 2.45. The summed E-state index contributed by atoms with van der Waals surface area (Å²) in [4.78, 5) is 22.5. The third-order valence-corrected chi connectivity index (χ3v) is 2.51. The van der Waals surface area contributed by atoms with Crippen LogP contribution >= 0.6 is 12.4 Å². The van der Waals surface area contributed by atoms with Crippen molar-refractivity contribution >= 4 is 30.0 Å². The minimum atomic E-state index is -0.450. The Bertz CT molecular complexity index is 437. The highest BCUT2D eigenvalue weighted by Gasteiger charge is 2.10. The lowest BCUT2D eigenvalue weighted by Crippen LogP contribution is -2.26. The molecule has 7 heteroatoms. The maximum absolute atomic E-state index is 11.6. The van der Waals surface area contributed by atoms with Gasteiger partial charge in [0.2, 0.25) is 5.91 Å². The number of methoxy groups -OCH3 is 1. The van der Waals surface area contributed by atoms with Crippen molar-refractivity contribution in [2.24, 2.45) is 11.7 Å². The van der Waals surface area contributed by atoms with E-state index in [2.05, 4.69) is 10.1 Å². The predicted octanol–water partition coefficient (Wildman–Crippen LogP) is 1.19. The number of hydrogen-bond acceptors (Lipinski definition) is 5. The Hall–Kier alpha value is -1.79. The van der Waals surface area contributed by atoms with Gasteiger partial charge in [-0.05, 0) is 24.3 Å². The molecule has 3 N–H and O–H groups in total. The summed E-state index contributed by atoms with van der Waals surface area (Å²) in [7, 11) is 1.29. The molecule has 0 radical (unpaired) electrons. The molecule has 0 aromatic heterocycles. The number of carbonyl (C=O) groups excluding carboxylic acids is 2. The van der Waals surface area contributed by atoms with Gasteiger partial charge in [-0.25, -0.2) is 4.79 Å². The van der Waals surface area contributed by atoms with Crippen molar-refractivity contribution in [2.75, 3.05) is 25.6 Å². The zero-order valence-corrected chi connectivity index (χ0v) is 12.2. The Kier molecular flexibility index (Phi) is 8.35. The van der Waals surface area contributed by atoms with Crippen molar-refractivity contribution in [1.82, 2.24) is 0 Å². The van der Waals surface area contributed by atoms with Gasteiger partial charge in [-0.3, -0.25) is 4.79 Å². The number of carbonyl (C=O) groups is 2. The van der Waals surface area contributed by atoms with Crippen LogP contribution in [0.1, 0.15) is 6.92 Å². The molecular weight excluding hydrogens is 284 g/mol. The van der Waals surface area contributed by atoms with E-state index in [4.69, 9.17) is 10.5 Å². The van der Waals surface area contributed by atoms with E-state index < -0.39 is 5.97 Å². The molecule has 0 saturated heterocycles. The fourth-order valence-corrected chi connectivity index (χ4v) is 1.21. The molecule has 0 aliphatic rings. The molecule has 1 amide bonds. The van der Waals surface area contributed by atoms with Crippen LogP contribution in [0.25, 0.3) is 0 Å². The minimum Gasteiger partial charge on any atom is -0.482 e. The Morgan fingerprint density at radius 3 is 2.40 bits per heavy atom. The fraction of sp³-hybridized carbons (Fsp3) is 0.385. The van der Waals surface area contributed by atoms with Gasteiger partial charge in [0.05, 0.1) is 7.11 Å². The molecule has 20 heavy (non-hydrogen) atoms. The van der Waals surface area contributed by atoms with Crippen LogP contribution in [-0.4, -0.2) is 32.1 Å². The number of halogens is 1. The van der Waals surface area contributed by atoms with Crippen molar-refractivity contribution in [2.45, 2.75) is 6.92 Å². The van der Waals surface area contributed by atoms with E-state index >= 15 is 0 Å². The normalized spacial score (nSPS) is 10.9. The van der Waals surface area contributed by atoms with E-state index in [-0.39, 0.29) is 30.8 Å². The highest BCUT2D eigenvalue weighted by Crippen LogP contribution is 2.16. The molecule has 0 heterocycles. The number of anilines is 1. The van der Waals surface area contributed by atoms with Gasteiger partial charge in [-0.1, -0.05) is 6.92 Å². The summed E-state index contributed by atoms with van der Waals surface area (Å²) in [5, 5.41) is 2.73. The van der Waals surface area contributed by atoms with Gasteiger partial charge in [0.25, 0.3) is 0 Å². The molecule has 0 aliphatic carbocycles. The number of nitrogens with one attached hydrogen (secondary N) is 1. The maximum Gasteiger partial charge on any atom is 0.343 e. The summed E-state index contributed by atoms with van der Waals surface area (Å²) in [6, 6.07) is 6.69. The largest absolute Gasteiger partial charge is 0.482 e. The van der Waals surface area contributed by atoms with Crippen molar-refractivity contribution in [3.05, 3.63) is 24.3 Å². The minimum absolute atomic E-state index is 0. The molecule has 1 atom stereocenters. The quantitative estimate of drug-likeness (QED) is 0.770. The molecule has 1 rings (SSSR count). The predicted molar refractivity (Wildman–Crippen MR) is 78.0 cm³/mol. The first-order chi connectivity index (χ1) is 9.06. The lowest BCUT2D eigenvalue weighted by Gasteiger charge is -2.10. The molecule has 6 nitrogen and oxygen atoms in total. The molecule has 0 saturated carbocycles. The smallest absolute Gasteiger partial charge is 0.343 e. The lowest BCUT2D eigenvalue weighted by molar-refractivity contribution is -0.142. The Balaban J connectivity index is 0.00000361. The molecule has 112 valence electrons. The Labute approximate surface area is 124 Å². The van der Waals surface area contributed by atoms with Gasteiger partial charge in [-0.15, -0.1) is 12.4 Å². The molecule has 1 unspecified atom stereocenters. The molecule has 0 bridgehead atoms. The number of benzene rings is 1. The van der Waals surface area contributed by atoms with Gasteiger partial charge in [-0.2, -0.15) is 0 Å². The van der Waals surface area contributed by atoms with Gasteiger partial charge in [0.1, 0.15) is 5.75 Å². The Morgan fingerprint density at radius 2 is 1.90 bits per heavy atom.